The fourth-order valence-corrected chi connectivity index (χ4v) is 5.95. The van der Waals surface area contributed by atoms with Crippen LogP contribution in [0.15, 0.2) is 60.8 Å². The number of rotatable bonds is 7. The predicted octanol–water partition coefficient (Wildman–Crippen LogP) is 6.37. The lowest BCUT2D eigenvalue weighted by molar-refractivity contribution is -0.119. The summed E-state index contributed by atoms with van der Waals surface area (Å²) in [5.41, 5.74) is 4.47. The van der Waals surface area contributed by atoms with E-state index >= 15 is 0 Å². The lowest BCUT2D eigenvalue weighted by Gasteiger charge is -2.26. The van der Waals surface area contributed by atoms with E-state index in [1.165, 1.54) is 6.92 Å². The molecule has 1 saturated heterocycles. The summed E-state index contributed by atoms with van der Waals surface area (Å²) in [7, 11) is 0. The zero-order valence-electron chi connectivity index (χ0n) is 24.0. The second-order valence-corrected chi connectivity index (χ2v) is 12.5. The Balaban J connectivity index is 1.35. The van der Waals surface area contributed by atoms with Crippen molar-refractivity contribution in [1.82, 2.24) is 15.2 Å². The molecule has 41 heavy (non-hydrogen) atoms. The predicted molar refractivity (Wildman–Crippen MR) is 166 cm³/mol. The highest BCUT2D eigenvalue weighted by atomic mass is 32.1. The molecular weight excluding hydrogens is 534 g/mol. The van der Waals surface area contributed by atoms with Crippen LogP contribution in [0.25, 0.3) is 21.9 Å². The lowest BCUT2D eigenvalue weighted by Crippen LogP contribution is -2.35. The number of nitrogens with zero attached hydrogens (tertiary/aromatic N) is 2. The number of anilines is 2. The average Bonchev–Trinajstić information content (AvgIpc) is 3.36. The summed E-state index contributed by atoms with van der Waals surface area (Å²) < 4.78 is 5.45. The molecular formula is C32H37N5O3S. The number of aromatic nitrogens is 1. The summed E-state index contributed by atoms with van der Waals surface area (Å²) in [5, 5.41) is 10.9. The smallest absolute Gasteiger partial charge is 0.323 e. The standard InChI is InChI=1S/C32H37N5O3S/c1-21(38)33-19-29-28(17-30(41-29)32(2,3)4)36-31(39)35-27-12-11-24(25-7-5-6-8-26(25)27)22-9-10-23(34-18-22)20-37-13-15-40-16-14-37/h5-12,17-18H,13-16,19-20H2,1-4H3,(H,33,38)(H2,35,36,39). The summed E-state index contributed by atoms with van der Waals surface area (Å²) in [6.45, 7) is 12.5. The Morgan fingerprint density at radius 3 is 2.39 bits per heavy atom. The van der Waals surface area contributed by atoms with Gasteiger partial charge in [0.15, 0.2) is 0 Å². The molecule has 8 nitrogen and oxygen atoms in total. The molecule has 0 spiro atoms. The van der Waals surface area contributed by atoms with Crippen molar-refractivity contribution in [1.29, 1.82) is 0 Å². The van der Waals surface area contributed by atoms with Gasteiger partial charge in [-0.05, 0) is 34.6 Å². The molecule has 5 rings (SSSR count). The van der Waals surface area contributed by atoms with Gasteiger partial charge < -0.3 is 20.7 Å². The molecule has 9 heteroatoms. The number of hydrogen-bond acceptors (Lipinski definition) is 6. The van der Waals surface area contributed by atoms with Gasteiger partial charge in [-0.25, -0.2) is 4.79 Å². The minimum Gasteiger partial charge on any atom is -0.379 e. The molecule has 3 heterocycles. The number of urea groups is 1. The van der Waals surface area contributed by atoms with Crippen molar-refractivity contribution in [2.24, 2.45) is 0 Å². The van der Waals surface area contributed by atoms with Crippen molar-refractivity contribution in [2.75, 3.05) is 36.9 Å². The van der Waals surface area contributed by atoms with E-state index in [2.05, 4.69) is 59.8 Å². The molecule has 2 aromatic carbocycles. The first-order chi connectivity index (χ1) is 19.7. The van der Waals surface area contributed by atoms with Gasteiger partial charge >= 0.3 is 6.03 Å². The quantitative estimate of drug-likeness (QED) is 0.240. The minimum atomic E-state index is -0.334. The summed E-state index contributed by atoms with van der Waals surface area (Å²) in [6.07, 6.45) is 1.93. The first kappa shape index (κ1) is 28.7. The Bertz CT molecular complexity index is 1540. The van der Waals surface area contributed by atoms with E-state index < -0.39 is 0 Å². The summed E-state index contributed by atoms with van der Waals surface area (Å²) in [5.74, 6) is -0.111. The van der Waals surface area contributed by atoms with E-state index in [0.717, 1.165) is 70.2 Å². The third kappa shape index (κ3) is 7.11. The van der Waals surface area contributed by atoms with Crippen LogP contribution >= 0.6 is 11.3 Å². The molecule has 3 N–H and O–H groups in total. The highest BCUT2D eigenvalue weighted by molar-refractivity contribution is 7.12. The number of carbonyl (C=O) groups is 2. The molecule has 0 aliphatic carbocycles. The second kappa shape index (κ2) is 12.4. The van der Waals surface area contributed by atoms with Gasteiger partial charge in [-0.3, -0.25) is 14.7 Å². The van der Waals surface area contributed by atoms with E-state index in [4.69, 9.17) is 9.72 Å². The number of fused-ring (bicyclic) bond motifs is 1. The fraction of sp³-hybridized carbons (Fsp3) is 0.344. The maximum atomic E-state index is 13.2. The van der Waals surface area contributed by atoms with Crippen molar-refractivity contribution in [3.63, 3.8) is 0 Å². The van der Waals surface area contributed by atoms with E-state index in [-0.39, 0.29) is 17.4 Å². The van der Waals surface area contributed by atoms with Crippen molar-refractivity contribution in [3.8, 4) is 11.1 Å². The Labute approximate surface area is 245 Å². The van der Waals surface area contributed by atoms with Crippen LogP contribution in [-0.2, 0) is 28.0 Å². The van der Waals surface area contributed by atoms with Crippen LogP contribution in [0.3, 0.4) is 0 Å². The number of carbonyl (C=O) groups excluding carboxylic acids is 2. The molecule has 1 fully saturated rings. The fourth-order valence-electron chi connectivity index (χ4n) is 4.84. The third-order valence-electron chi connectivity index (χ3n) is 7.09. The van der Waals surface area contributed by atoms with Gasteiger partial charge in [-0.2, -0.15) is 0 Å². The van der Waals surface area contributed by atoms with Gasteiger partial charge in [0.2, 0.25) is 5.91 Å². The van der Waals surface area contributed by atoms with Crippen molar-refractivity contribution < 1.29 is 14.3 Å². The molecule has 0 radical (unpaired) electrons. The topological polar surface area (TPSA) is 95.6 Å². The number of ether oxygens (including phenoxy) is 1. The van der Waals surface area contributed by atoms with Crippen molar-refractivity contribution in [3.05, 3.63) is 76.2 Å². The first-order valence-corrected chi connectivity index (χ1v) is 14.7. The van der Waals surface area contributed by atoms with E-state index in [1.54, 1.807) is 11.3 Å². The molecule has 1 aliphatic rings. The van der Waals surface area contributed by atoms with Crippen molar-refractivity contribution >= 4 is 45.4 Å². The number of thiophene rings is 1. The third-order valence-corrected chi connectivity index (χ3v) is 8.65. The van der Waals surface area contributed by atoms with E-state index in [1.807, 2.05) is 42.6 Å². The van der Waals surface area contributed by atoms with Gasteiger partial charge in [0.1, 0.15) is 0 Å². The molecule has 214 valence electrons. The first-order valence-electron chi connectivity index (χ1n) is 13.9. The molecule has 3 amide bonds. The van der Waals surface area contributed by atoms with Crippen LogP contribution in [0.4, 0.5) is 16.2 Å². The highest BCUT2D eigenvalue weighted by Gasteiger charge is 2.21. The summed E-state index contributed by atoms with van der Waals surface area (Å²) >= 11 is 1.60. The molecule has 0 bridgehead atoms. The number of benzene rings is 2. The zero-order chi connectivity index (χ0) is 29.0. The number of amides is 3. The van der Waals surface area contributed by atoms with Gasteiger partial charge in [0, 0.05) is 53.5 Å². The Hall–Kier alpha value is -3.79. The van der Waals surface area contributed by atoms with Gasteiger partial charge in [0.25, 0.3) is 0 Å². The van der Waals surface area contributed by atoms with Crippen molar-refractivity contribution in [2.45, 2.75) is 46.2 Å². The normalized spacial score (nSPS) is 14.1. The molecule has 0 atom stereocenters. The SMILES string of the molecule is CC(=O)NCc1sc(C(C)(C)C)cc1NC(=O)Nc1ccc(-c2ccc(CN3CCOCC3)nc2)c2ccccc12. The largest absolute Gasteiger partial charge is 0.379 e. The number of hydrogen-bond donors (Lipinski definition) is 3. The van der Waals surface area contributed by atoms with Crippen LogP contribution in [-0.4, -0.2) is 48.1 Å². The van der Waals surface area contributed by atoms with Gasteiger partial charge in [-0.1, -0.05) is 57.2 Å². The number of pyridine rings is 1. The molecule has 4 aromatic rings. The van der Waals surface area contributed by atoms with Crippen LogP contribution in [0, 0.1) is 0 Å². The Kier molecular flexibility index (Phi) is 8.68. The molecule has 2 aromatic heterocycles. The number of morpholine rings is 1. The van der Waals surface area contributed by atoms with E-state index in [0.29, 0.717) is 17.9 Å². The second-order valence-electron chi connectivity index (χ2n) is 11.3. The van der Waals surface area contributed by atoms with Crippen LogP contribution in [0.1, 0.15) is 43.1 Å². The van der Waals surface area contributed by atoms with Crippen LogP contribution in [0.2, 0.25) is 0 Å². The maximum Gasteiger partial charge on any atom is 0.323 e. The van der Waals surface area contributed by atoms with Crippen LogP contribution < -0.4 is 16.0 Å². The molecule has 1 aliphatic heterocycles. The summed E-state index contributed by atoms with van der Waals surface area (Å²) in [6, 6.07) is 17.9. The van der Waals surface area contributed by atoms with Gasteiger partial charge in [-0.15, -0.1) is 11.3 Å². The monoisotopic (exact) mass is 571 g/mol. The van der Waals surface area contributed by atoms with Gasteiger partial charge in [0.05, 0.1) is 36.8 Å². The highest BCUT2D eigenvalue weighted by Crippen LogP contribution is 2.36. The average molecular weight is 572 g/mol. The van der Waals surface area contributed by atoms with E-state index in [9.17, 15) is 9.59 Å². The minimum absolute atomic E-state index is 0.0757. The maximum absolute atomic E-state index is 13.2. The zero-order valence-corrected chi connectivity index (χ0v) is 24.9. The number of nitrogens with one attached hydrogen (secondary N) is 3. The van der Waals surface area contributed by atoms with Crippen LogP contribution in [0.5, 0.6) is 0 Å². The molecule has 0 saturated carbocycles. The molecule has 0 unspecified atom stereocenters. The Morgan fingerprint density at radius 2 is 1.71 bits per heavy atom. The summed E-state index contributed by atoms with van der Waals surface area (Å²) in [4.78, 5) is 33.9. The lowest BCUT2D eigenvalue weighted by atomic mass is 9.94. The Morgan fingerprint density at radius 1 is 0.976 bits per heavy atom.